The van der Waals surface area contributed by atoms with Crippen molar-refractivity contribution in [2.75, 3.05) is 33.7 Å². The number of hydrogen-bond donors (Lipinski definition) is 2. The van der Waals surface area contributed by atoms with Gasteiger partial charge in [-0.25, -0.2) is 0 Å². The molecule has 1 aromatic rings. The number of hydrogen-bond acceptors (Lipinski definition) is 4. The lowest BCUT2D eigenvalue weighted by atomic mass is 9.93. The topological polar surface area (TPSA) is 70.4 Å². The molecule has 1 rings (SSSR count). The number of rotatable bonds is 11. The minimum absolute atomic E-state index is 0.468. The highest BCUT2D eigenvalue weighted by Gasteiger charge is 2.20. The lowest BCUT2D eigenvalue weighted by Gasteiger charge is -2.30. The number of nitrogens with zero attached hydrogens (tertiary/aromatic N) is 5. The Bertz CT molecular complexity index is 491. The zero-order valence-corrected chi connectivity index (χ0v) is 16.9. The van der Waals surface area contributed by atoms with E-state index in [1.54, 1.807) is 6.33 Å². The predicted octanol–water partition coefficient (Wildman–Crippen LogP) is 1.76. The summed E-state index contributed by atoms with van der Waals surface area (Å²) in [6.45, 7) is 12.0. The number of aliphatic imine (C=N–C) groups is 1. The quantitative estimate of drug-likeness (QED) is 0.470. The van der Waals surface area contributed by atoms with E-state index in [0.717, 1.165) is 44.4 Å². The van der Waals surface area contributed by atoms with Gasteiger partial charge in [0.05, 0.1) is 6.54 Å². The van der Waals surface area contributed by atoms with Gasteiger partial charge in [-0.3, -0.25) is 4.99 Å². The Balaban J connectivity index is 2.62. The molecule has 1 heterocycles. The lowest BCUT2D eigenvalue weighted by molar-refractivity contribution is 0.206. The highest BCUT2D eigenvalue weighted by molar-refractivity contribution is 5.79. The van der Waals surface area contributed by atoms with E-state index < -0.39 is 0 Å². The molecule has 0 fully saturated rings. The number of aryl methyl sites for hydroxylation is 1. The Morgan fingerprint density at radius 2 is 1.92 bits per heavy atom. The SMILES string of the molecule is CCNC(=NCC(C(CC)CC)N(C)C)NCCn1cnnc1CC. The molecule has 0 amide bonds. The highest BCUT2D eigenvalue weighted by atomic mass is 15.3. The Hall–Kier alpha value is -1.63. The standard InChI is InChI=1S/C18H37N7/c1-7-15(8-2)16(24(5)6)13-21-18(19-10-4)20-11-12-25-14-22-23-17(25)9-3/h14-16H,7-13H2,1-6H3,(H2,19,20,21). The van der Waals surface area contributed by atoms with Crippen LogP contribution in [-0.2, 0) is 13.0 Å². The lowest BCUT2D eigenvalue weighted by Crippen LogP contribution is -2.42. The Kier molecular flexibility index (Phi) is 10.1. The summed E-state index contributed by atoms with van der Waals surface area (Å²) >= 11 is 0. The Labute approximate surface area is 153 Å². The summed E-state index contributed by atoms with van der Waals surface area (Å²) in [7, 11) is 4.30. The second-order valence-corrected chi connectivity index (χ2v) is 6.55. The second-order valence-electron chi connectivity index (χ2n) is 6.55. The minimum atomic E-state index is 0.468. The van der Waals surface area contributed by atoms with Gasteiger partial charge >= 0.3 is 0 Å². The number of likely N-dealkylation sites (N-methyl/N-ethyl adjacent to an activating group) is 1. The van der Waals surface area contributed by atoms with E-state index in [-0.39, 0.29) is 0 Å². The van der Waals surface area contributed by atoms with Crippen LogP contribution in [0.1, 0.15) is 46.4 Å². The molecule has 144 valence electrons. The average Bonchev–Trinajstić information content (AvgIpc) is 3.05. The molecule has 0 radical (unpaired) electrons. The fourth-order valence-electron chi connectivity index (χ4n) is 3.13. The number of nitrogens with one attached hydrogen (secondary N) is 2. The van der Waals surface area contributed by atoms with Gasteiger partial charge in [-0.15, -0.1) is 10.2 Å². The molecule has 0 aliphatic heterocycles. The zero-order chi connectivity index (χ0) is 18.7. The normalized spacial score (nSPS) is 13.5. The molecular weight excluding hydrogens is 314 g/mol. The minimum Gasteiger partial charge on any atom is -0.357 e. The zero-order valence-electron chi connectivity index (χ0n) is 16.9. The van der Waals surface area contributed by atoms with Crippen LogP contribution in [0.15, 0.2) is 11.3 Å². The molecule has 0 aliphatic rings. The van der Waals surface area contributed by atoms with E-state index >= 15 is 0 Å². The summed E-state index contributed by atoms with van der Waals surface area (Å²) in [4.78, 5) is 7.13. The summed E-state index contributed by atoms with van der Waals surface area (Å²) in [5.41, 5.74) is 0. The molecule has 7 heteroatoms. The molecular formula is C18H37N7. The van der Waals surface area contributed by atoms with Gasteiger partial charge in [0.25, 0.3) is 0 Å². The first-order valence-electron chi connectivity index (χ1n) is 9.62. The van der Waals surface area contributed by atoms with Gasteiger partial charge < -0.3 is 20.1 Å². The van der Waals surface area contributed by atoms with E-state index in [1.807, 2.05) is 0 Å². The smallest absolute Gasteiger partial charge is 0.191 e. The maximum absolute atomic E-state index is 4.83. The number of aromatic nitrogens is 3. The fraction of sp³-hybridized carbons (Fsp3) is 0.833. The third-order valence-corrected chi connectivity index (χ3v) is 4.69. The maximum atomic E-state index is 4.83. The third-order valence-electron chi connectivity index (χ3n) is 4.69. The summed E-state index contributed by atoms with van der Waals surface area (Å²) < 4.78 is 2.09. The maximum Gasteiger partial charge on any atom is 0.191 e. The molecule has 0 saturated heterocycles. The van der Waals surface area contributed by atoms with Gasteiger partial charge in [-0.1, -0.05) is 33.6 Å². The molecule has 0 saturated carbocycles. The average molecular weight is 352 g/mol. The first-order chi connectivity index (χ1) is 12.1. The van der Waals surface area contributed by atoms with Gasteiger partial charge in [0.15, 0.2) is 5.96 Å². The van der Waals surface area contributed by atoms with Crippen LogP contribution < -0.4 is 10.6 Å². The summed E-state index contributed by atoms with van der Waals surface area (Å²) in [6, 6.07) is 0.468. The van der Waals surface area contributed by atoms with Gasteiger partial charge in [0.2, 0.25) is 0 Å². The first-order valence-corrected chi connectivity index (χ1v) is 9.62. The molecule has 0 bridgehead atoms. The molecule has 1 atom stereocenters. The van der Waals surface area contributed by atoms with E-state index in [2.05, 4.69) is 72.1 Å². The van der Waals surface area contributed by atoms with Crippen molar-refractivity contribution in [2.24, 2.45) is 10.9 Å². The van der Waals surface area contributed by atoms with Crippen LogP contribution in [-0.4, -0.2) is 65.4 Å². The molecule has 1 unspecified atom stereocenters. The summed E-state index contributed by atoms with van der Waals surface area (Å²) in [5.74, 6) is 2.57. The van der Waals surface area contributed by atoms with Gasteiger partial charge in [0.1, 0.15) is 12.2 Å². The van der Waals surface area contributed by atoms with Crippen molar-refractivity contribution < 1.29 is 0 Å². The van der Waals surface area contributed by atoms with Gasteiger partial charge in [-0.05, 0) is 26.9 Å². The van der Waals surface area contributed by atoms with E-state index in [4.69, 9.17) is 4.99 Å². The molecule has 25 heavy (non-hydrogen) atoms. The molecule has 0 aliphatic carbocycles. The van der Waals surface area contributed by atoms with Crippen molar-refractivity contribution in [3.8, 4) is 0 Å². The van der Waals surface area contributed by atoms with Crippen LogP contribution in [0.3, 0.4) is 0 Å². The van der Waals surface area contributed by atoms with Crippen molar-refractivity contribution in [1.82, 2.24) is 30.3 Å². The largest absolute Gasteiger partial charge is 0.357 e. The van der Waals surface area contributed by atoms with Crippen molar-refractivity contribution in [2.45, 2.75) is 59.5 Å². The van der Waals surface area contributed by atoms with Crippen LogP contribution in [0, 0.1) is 5.92 Å². The van der Waals surface area contributed by atoms with Crippen molar-refractivity contribution in [1.29, 1.82) is 0 Å². The second kappa shape index (κ2) is 11.8. The van der Waals surface area contributed by atoms with Crippen molar-refractivity contribution >= 4 is 5.96 Å². The van der Waals surface area contributed by atoms with Crippen molar-refractivity contribution in [3.05, 3.63) is 12.2 Å². The van der Waals surface area contributed by atoms with E-state index in [1.165, 1.54) is 12.8 Å². The Morgan fingerprint density at radius 3 is 2.48 bits per heavy atom. The highest BCUT2D eigenvalue weighted by Crippen LogP contribution is 2.17. The Morgan fingerprint density at radius 1 is 1.20 bits per heavy atom. The van der Waals surface area contributed by atoms with Crippen LogP contribution in [0.25, 0.3) is 0 Å². The van der Waals surface area contributed by atoms with E-state index in [0.29, 0.717) is 12.0 Å². The summed E-state index contributed by atoms with van der Waals surface area (Å²) in [5, 5.41) is 14.9. The summed E-state index contributed by atoms with van der Waals surface area (Å²) in [6.07, 6.45) is 5.06. The molecule has 0 aromatic carbocycles. The van der Waals surface area contributed by atoms with Crippen LogP contribution >= 0.6 is 0 Å². The fourth-order valence-corrected chi connectivity index (χ4v) is 3.13. The number of guanidine groups is 1. The molecule has 7 nitrogen and oxygen atoms in total. The first kappa shape index (κ1) is 21.4. The van der Waals surface area contributed by atoms with Crippen LogP contribution in [0.4, 0.5) is 0 Å². The van der Waals surface area contributed by atoms with Gasteiger partial charge in [0, 0.05) is 32.1 Å². The third kappa shape index (κ3) is 7.02. The van der Waals surface area contributed by atoms with Gasteiger partial charge in [-0.2, -0.15) is 0 Å². The molecule has 1 aromatic heterocycles. The van der Waals surface area contributed by atoms with E-state index in [9.17, 15) is 0 Å². The molecule has 2 N–H and O–H groups in total. The van der Waals surface area contributed by atoms with Crippen LogP contribution in [0.2, 0.25) is 0 Å². The molecule has 0 spiro atoms. The predicted molar refractivity (Wildman–Crippen MR) is 105 cm³/mol. The van der Waals surface area contributed by atoms with Crippen LogP contribution in [0.5, 0.6) is 0 Å². The monoisotopic (exact) mass is 351 g/mol. The van der Waals surface area contributed by atoms with Crippen molar-refractivity contribution in [3.63, 3.8) is 0 Å².